The van der Waals surface area contributed by atoms with Crippen molar-refractivity contribution in [3.8, 4) is 16.9 Å². The SMILES string of the molecule is CCCCOc1cc(F)ccc1-c1cn(C)nc1C(=O)O. The summed E-state index contributed by atoms with van der Waals surface area (Å²) in [6, 6.07) is 4.06. The Morgan fingerprint density at radius 1 is 1.43 bits per heavy atom. The first-order valence-corrected chi connectivity index (χ1v) is 6.72. The highest BCUT2D eigenvalue weighted by Gasteiger charge is 2.19. The van der Waals surface area contributed by atoms with Gasteiger partial charge in [-0.2, -0.15) is 5.10 Å². The molecule has 0 atom stereocenters. The maximum atomic E-state index is 13.4. The van der Waals surface area contributed by atoms with E-state index in [9.17, 15) is 14.3 Å². The zero-order valence-corrected chi connectivity index (χ0v) is 12.0. The molecule has 1 N–H and O–H groups in total. The number of aryl methyl sites for hydroxylation is 1. The van der Waals surface area contributed by atoms with Gasteiger partial charge in [-0.15, -0.1) is 0 Å². The molecule has 6 heteroatoms. The van der Waals surface area contributed by atoms with Crippen molar-refractivity contribution >= 4 is 5.97 Å². The average Bonchev–Trinajstić information content (AvgIpc) is 2.81. The Balaban J connectivity index is 2.45. The van der Waals surface area contributed by atoms with E-state index in [2.05, 4.69) is 5.10 Å². The first kappa shape index (κ1) is 15.0. The second-order valence-corrected chi connectivity index (χ2v) is 4.71. The number of ether oxygens (including phenoxy) is 1. The summed E-state index contributed by atoms with van der Waals surface area (Å²) in [5.74, 6) is -1.22. The van der Waals surface area contributed by atoms with Crippen LogP contribution in [0, 0.1) is 5.82 Å². The van der Waals surface area contributed by atoms with E-state index in [1.165, 1.54) is 22.9 Å². The molecule has 0 aliphatic heterocycles. The van der Waals surface area contributed by atoms with E-state index >= 15 is 0 Å². The molecule has 0 unspecified atom stereocenters. The number of carboxylic acid groups (broad SMARTS) is 1. The molecule has 1 heterocycles. The molecular formula is C15H17FN2O3. The molecule has 1 aromatic heterocycles. The van der Waals surface area contributed by atoms with Gasteiger partial charge < -0.3 is 9.84 Å². The first-order chi connectivity index (χ1) is 10.0. The fraction of sp³-hybridized carbons (Fsp3) is 0.333. The van der Waals surface area contributed by atoms with E-state index in [1.54, 1.807) is 13.2 Å². The van der Waals surface area contributed by atoms with Gasteiger partial charge in [0, 0.05) is 30.4 Å². The van der Waals surface area contributed by atoms with Gasteiger partial charge in [0.1, 0.15) is 11.6 Å². The van der Waals surface area contributed by atoms with Crippen molar-refractivity contribution in [3.63, 3.8) is 0 Å². The van der Waals surface area contributed by atoms with Crippen LogP contribution in [0.5, 0.6) is 5.75 Å². The third-order valence-corrected chi connectivity index (χ3v) is 3.02. The third kappa shape index (κ3) is 3.39. The number of aromatic nitrogens is 2. The van der Waals surface area contributed by atoms with Gasteiger partial charge in [0.15, 0.2) is 5.69 Å². The molecule has 0 aliphatic carbocycles. The Morgan fingerprint density at radius 3 is 2.86 bits per heavy atom. The second-order valence-electron chi connectivity index (χ2n) is 4.71. The number of hydrogen-bond donors (Lipinski definition) is 1. The molecule has 0 bridgehead atoms. The number of rotatable bonds is 6. The Hall–Kier alpha value is -2.37. The Morgan fingerprint density at radius 2 is 2.19 bits per heavy atom. The van der Waals surface area contributed by atoms with E-state index in [0.717, 1.165) is 12.8 Å². The summed E-state index contributed by atoms with van der Waals surface area (Å²) in [4.78, 5) is 11.3. The fourth-order valence-corrected chi connectivity index (χ4v) is 2.01. The predicted molar refractivity (Wildman–Crippen MR) is 76.0 cm³/mol. The standard InChI is InChI=1S/C15H17FN2O3/c1-3-4-7-21-13-8-10(16)5-6-11(13)12-9-18(2)17-14(12)15(19)20/h5-6,8-9H,3-4,7H2,1-2H3,(H,19,20). The number of hydrogen-bond acceptors (Lipinski definition) is 3. The Kier molecular flexibility index (Phi) is 4.57. The highest BCUT2D eigenvalue weighted by Crippen LogP contribution is 2.33. The van der Waals surface area contributed by atoms with E-state index in [-0.39, 0.29) is 5.69 Å². The molecule has 0 aliphatic rings. The Labute approximate surface area is 122 Å². The van der Waals surface area contributed by atoms with Crippen molar-refractivity contribution in [2.75, 3.05) is 6.61 Å². The van der Waals surface area contributed by atoms with Crippen molar-refractivity contribution in [1.29, 1.82) is 0 Å². The van der Waals surface area contributed by atoms with Crippen LogP contribution >= 0.6 is 0 Å². The van der Waals surface area contributed by atoms with E-state index in [0.29, 0.717) is 23.5 Å². The highest BCUT2D eigenvalue weighted by molar-refractivity contribution is 5.94. The van der Waals surface area contributed by atoms with Crippen LogP contribution in [0.15, 0.2) is 24.4 Å². The van der Waals surface area contributed by atoms with Gasteiger partial charge >= 0.3 is 5.97 Å². The molecule has 0 radical (unpaired) electrons. The monoisotopic (exact) mass is 292 g/mol. The lowest BCUT2D eigenvalue weighted by atomic mass is 10.1. The second kappa shape index (κ2) is 6.39. The molecule has 21 heavy (non-hydrogen) atoms. The van der Waals surface area contributed by atoms with Crippen LogP contribution < -0.4 is 4.74 Å². The zero-order valence-electron chi connectivity index (χ0n) is 12.0. The number of benzene rings is 1. The lowest BCUT2D eigenvalue weighted by Crippen LogP contribution is -2.02. The summed E-state index contributed by atoms with van der Waals surface area (Å²) in [6.07, 6.45) is 3.38. The summed E-state index contributed by atoms with van der Waals surface area (Å²) >= 11 is 0. The first-order valence-electron chi connectivity index (χ1n) is 6.72. The van der Waals surface area contributed by atoms with E-state index in [4.69, 9.17) is 4.74 Å². The number of nitrogens with zero attached hydrogens (tertiary/aromatic N) is 2. The van der Waals surface area contributed by atoms with Gasteiger partial charge in [0.25, 0.3) is 0 Å². The van der Waals surface area contributed by atoms with Crippen LogP contribution in [-0.4, -0.2) is 27.5 Å². The van der Waals surface area contributed by atoms with Gasteiger partial charge in [0.05, 0.1) is 6.61 Å². The van der Waals surface area contributed by atoms with Crippen molar-refractivity contribution in [1.82, 2.24) is 9.78 Å². The maximum Gasteiger partial charge on any atom is 0.357 e. The quantitative estimate of drug-likeness (QED) is 0.831. The molecular weight excluding hydrogens is 275 g/mol. The molecule has 0 saturated carbocycles. The van der Waals surface area contributed by atoms with E-state index < -0.39 is 11.8 Å². The fourth-order valence-electron chi connectivity index (χ4n) is 2.01. The average molecular weight is 292 g/mol. The number of halogens is 1. The largest absolute Gasteiger partial charge is 0.493 e. The summed E-state index contributed by atoms with van der Waals surface area (Å²) in [5, 5.41) is 13.1. The number of aromatic carboxylic acids is 1. The topological polar surface area (TPSA) is 64.4 Å². The van der Waals surface area contributed by atoms with Crippen LogP contribution in [-0.2, 0) is 7.05 Å². The minimum absolute atomic E-state index is 0.0792. The van der Waals surface area contributed by atoms with Crippen molar-refractivity contribution in [3.05, 3.63) is 35.9 Å². The number of carboxylic acids is 1. The normalized spacial score (nSPS) is 10.6. The summed E-state index contributed by atoms with van der Waals surface area (Å²) < 4.78 is 20.4. The van der Waals surface area contributed by atoms with Crippen molar-refractivity contribution in [2.24, 2.45) is 7.05 Å². The lowest BCUT2D eigenvalue weighted by Gasteiger charge is -2.11. The molecule has 1 aromatic carbocycles. The molecule has 0 fully saturated rings. The summed E-state index contributed by atoms with van der Waals surface area (Å²) in [6.45, 7) is 2.48. The molecule has 0 amide bonds. The third-order valence-electron chi connectivity index (χ3n) is 3.02. The minimum Gasteiger partial charge on any atom is -0.493 e. The molecule has 0 spiro atoms. The number of carbonyl (C=O) groups is 1. The van der Waals surface area contributed by atoms with Gasteiger partial charge in [-0.25, -0.2) is 9.18 Å². The molecule has 112 valence electrons. The van der Waals surface area contributed by atoms with Crippen LogP contribution in [0.4, 0.5) is 4.39 Å². The molecule has 2 aromatic rings. The maximum absolute atomic E-state index is 13.4. The van der Waals surface area contributed by atoms with Gasteiger partial charge in [0.2, 0.25) is 0 Å². The molecule has 5 nitrogen and oxygen atoms in total. The number of unbranched alkanes of at least 4 members (excludes halogenated alkanes) is 1. The highest BCUT2D eigenvalue weighted by atomic mass is 19.1. The molecule has 0 saturated heterocycles. The van der Waals surface area contributed by atoms with Crippen molar-refractivity contribution < 1.29 is 19.0 Å². The van der Waals surface area contributed by atoms with Crippen LogP contribution in [0.3, 0.4) is 0 Å². The minimum atomic E-state index is -1.13. The van der Waals surface area contributed by atoms with E-state index in [1.807, 2.05) is 6.92 Å². The Bertz CT molecular complexity index is 652. The summed E-state index contributed by atoms with van der Waals surface area (Å²) in [7, 11) is 1.64. The summed E-state index contributed by atoms with van der Waals surface area (Å²) in [5.41, 5.74) is 0.860. The van der Waals surface area contributed by atoms with Crippen LogP contribution in [0.1, 0.15) is 30.3 Å². The van der Waals surface area contributed by atoms with Crippen LogP contribution in [0.25, 0.3) is 11.1 Å². The van der Waals surface area contributed by atoms with Crippen molar-refractivity contribution in [2.45, 2.75) is 19.8 Å². The lowest BCUT2D eigenvalue weighted by molar-refractivity contribution is 0.0690. The molecule has 2 rings (SSSR count). The smallest absolute Gasteiger partial charge is 0.357 e. The van der Waals surface area contributed by atoms with Gasteiger partial charge in [-0.1, -0.05) is 13.3 Å². The zero-order chi connectivity index (χ0) is 15.4. The van der Waals surface area contributed by atoms with Gasteiger partial charge in [-0.3, -0.25) is 4.68 Å². The predicted octanol–water partition coefficient (Wildman–Crippen LogP) is 3.10. The van der Waals surface area contributed by atoms with Crippen LogP contribution in [0.2, 0.25) is 0 Å². The van der Waals surface area contributed by atoms with Gasteiger partial charge in [-0.05, 0) is 18.6 Å².